The molecule has 0 amide bonds. The third-order valence-corrected chi connectivity index (χ3v) is 5.80. The lowest BCUT2D eigenvalue weighted by Crippen LogP contribution is -2.27. The van der Waals surface area contributed by atoms with Gasteiger partial charge in [0, 0.05) is 12.6 Å². The number of methoxy groups -OCH3 is 2. The van der Waals surface area contributed by atoms with Crippen LogP contribution in [0.5, 0.6) is 11.5 Å². The van der Waals surface area contributed by atoms with Gasteiger partial charge in [0.2, 0.25) is 5.89 Å². The number of hydrogen-bond donors (Lipinski definition) is 0. The van der Waals surface area contributed by atoms with Crippen LogP contribution >= 0.6 is 0 Å². The maximum absolute atomic E-state index is 6.03. The Balaban J connectivity index is 1.60. The molecule has 29 heavy (non-hydrogen) atoms. The Morgan fingerprint density at radius 2 is 1.93 bits per heavy atom. The van der Waals surface area contributed by atoms with E-state index in [1.165, 1.54) is 30.4 Å². The van der Waals surface area contributed by atoms with Crippen LogP contribution in [0.4, 0.5) is 0 Å². The molecule has 0 fully saturated rings. The van der Waals surface area contributed by atoms with Crippen molar-refractivity contribution in [3.8, 4) is 23.0 Å². The first-order chi connectivity index (χ1) is 14.1. The number of oxazole rings is 1. The number of aromatic nitrogens is 1. The van der Waals surface area contributed by atoms with Gasteiger partial charge in [0.15, 0.2) is 11.5 Å². The van der Waals surface area contributed by atoms with Gasteiger partial charge in [-0.05, 0) is 56.5 Å². The van der Waals surface area contributed by atoms with E-state index in [0.29, 0.717) is 23.4 Å². The summed E-state index contributed by atoms with van der Waals surface area (Å²) in [6.45, 7) is 2.71. The van der Waals surface area contributed by atoms with Crippen molar-refractivity contribution in [3.63, 3.8) is 0 Å². The van der Waals surface area contributed by atoms with Crippen molar-refractivity contribution in [2.24, 2.45) is 0 Å². The molecule has 1 heterocycles. The highest BCUT2D eigenvalue weighted by atomic mass is 16.5. The number of nitrogens with zero attached hydrogens (tertiary/aromatic N) is 2. The van der Waals surface area contributed by atoms with Crippen LogP contribution < -0.4 is 9.47 Å². The number of hydrogen-bond acceptors (Lipinski definition) is 5. The Morgan fingerprint density at radius 1 is 1.10 bits per heavy atom. The minimum atomic E-state index is 0.408. The molecule has 1 aliphatic carbocycles. The average molecular weight is 392 g/mol. The Labute approximate surface area is 172 Å². The van der Waals surface area contributed by atoms with E-state index in [2.05, 4.69) is 36.2 Å². The molecule has 1 aromatic heterocycles. The molecule has 1 aliphatic rings. The summed E-state index contributed by atoms with van der Waals surface area (Å²) in [6, 6.07) is 14.9. The molecule has 3 aromatic rings. The summed E-state index contributed by atoms with van der Waals surface area (Å²) in [7, 11) is 5.43. The highest BCUT2D eigenvalue weighted by molar-refractivity contribution is 5.68. The van der Waals surface area contributed by atoms with Crippen LogP contribution in [0.2, 0.25) is 0 Å². The molecule has 0 radical (unpaired) electrons. The van der Waals surface area contributed by atoms with E-state index < -0.39 is 0 Å². The molecule has 2 aromatic carbocycles. The highest BCUT2D eigenvalue weighted by Crippen LogP contribution is 2.39. The molecule has 0 saturated heterocycles. The first-order valence-electron chi connectivity index (χ1n) is 10.1. The summed E-state index contributed by atoms with van der Waals surface area (Å²) in [5.74, 6) is 2.70. The molecule has 0 spiro atoms. The number of benzene rings is 2. The molecule has 1 atom stereocenters. The van der Waals surface area contributed by atoms with Gasteiger partial charge in [0.1, 0.15) is 5.76 Å². The smallest absolute Gasteiger partial charge is 0.230 e. The van der Waals surface area contributed by atoms with Crippen molar-refractivity contribution >= 4 is 0 Å². The summed E-state index contributed by atoms with van der Waals surface area (Å²) in [4.78, 5) is 7.20. The van der Waals surface area contributed by atoms with E-state index in [0.717, 1.165) is 23.6 Å². The number of aryl methyl sites for hydroxylation is 2. The topological polar surface area (TPSA) is 47.7 Å². The largest absolute Gasteiger partial charge is 0.493 e. The average Bonchev–Trinajstić information content (AvgIpc) is 3.12. The van der Waals surface area contributed by atoms with Gasteiger partial charge < -0.3 is 13.9 Å². The minimum absolute atomic E-state index is 0.408. The van der Waals surface area contributed by atoms with E-state index in [-0.39, 0.29) is 0 Å². The van der Waals surface area contributed by atoms with Crippen molar-refractivity contribution in [3.05, 3.63) is 65.0 Å². The van der Waals surface area contributed by atoms with Crippen LogP contribution in [0.1, 0.15) is 41.5 Å². The van der Waals surface area contributed by atoms with Crippen LogP contribution in [0, 0.1) is 6.92 Å². The van der Waals surface area contributed by atoms with Gasteiger partial charge in [-0.3, -0.25) is 4.90 Å². The second-order valence-corrected chi connectivity index (χ2v) is 7.58. The summed E-state index contributed by atoms with van der Waals surface area (Å²) in [5.41, 5.74) is 4.66. The predicted molar refractivity (Wildman–Crippen MR) is 113 cm³/mol. The van der Waals surface area contributed by atoms with Gasteiger partial charge in [-0.25, -0.2) is 4.98 Å². The monoisotopic (exact) mass is 392 g/mol. The number of fused-ring (bicyclic) bond motifs is 1. The van der Waals surface area contributed by atoms with Gasteiger partial charge >= 0.3 is 0 Å². The fourth-order valence-corrected chi connectivity index (χ4v) is 4.28. The van der Waals surface area contributed by atoms with E-state index in [4.69, 9.17) is 18.9 Å². The van der Waals surface area contributed by atoms with Crippen LogP contribution in [0.25, 0.3) is 11.5 Å². The fraction of sp³-hybridized carbons (Fsp3) is 0.375. The maximum Gasteiger partial charge on any atom is 0.230 e. The van der Waals surface area contributed by atoms with E-state index >= 15 is 0 Å². The fourth-order valence-electron chi connectivity index (χ4n) is 4.28. The lowest BCUT2D eigenvalue weighted by atomic mass is 9.87. The minimum Gasteiger partial charge on any atom is -0.493 e. The Kier molecular flexibility index (Phi) is 5.58. The zero-order valence-electron chi connectivity index (χ0n) is 17.6. The molecular formula is C24H28N2O3. The van der Waals surface area contributed by atoms with Crippen molar-refractivity contribution < 1.29 is 13.9 Å². The van der Waals surface area contributed by atoms with E-state index in [9.17, 15) is 0 Å². The van der Waals surface area contributed by atoms with Gasteiger partial charge in [-0.15, -0.1) is 0 Å². The lowest BCUT2D eigenvalue weighted by Gasteiger charge is -2.33. The molecule has 0 bridgehead atoms. The third kappa shape index (κ3) is 3.75. The molecule has 5 heteroatoms. The van der Waals surface area contributed by atoms with Gasteiger partial charge in [0.25, 0.3) is 0 Å². The number of rotatable bonds is 6. The van der Waals surface area contributed by atoms with E-state index in [1.807, 2.05) is 25.1 Å². The van der Waals surface area contributed by atoms with Crippen molar-refractivity contribution in [2.75, 3.05) is 21.3 Å². The number of para-hydroxylation sites is 1. The maximum atomic E-state index is 6.03. The molecule has 0 saturated carbocycles. The first-order valence-corrected chi connectivity index (χ1v) is 10.1. The normalized spacial score (nSPS) is 16.0. The quantitative estimate of drug-likeness (QED) is 0.579. The molecule has 0 aliphatic heterocycles. The van der Waals surface area contributed by atoms with Gasteiger partial charge in [-0.2, -0.15) is 0 Å². The zero-order valence-corrected chi connectivity index (χ0v) is 17.6. The summed E-state index contributed by atoms with van der Waals surface area (Å²) < 4.78 is 17.0. The molecule has 4 rings (SSSR count). The van der Waals surface area contributed by atoms with Crippen molar-refractivity contribution in [1.82, 2.24) is 9.88 Å². The van der Waals surface area contributed by atoms with Crippen LogP contribution in [-0.2, 0) is 13.0 Å². The van der Waals surface area contributed by atoms with Crippen LogP contribution in [0.3, 0.4) is 0 Å². The Bertz CT molecular complexity index is 996. The summed E-state index contributed by atoms with van der Waals surface area (Å²) >= 11 is 0. The lowest BCUT2D eigenvalue weighted by molar-refractivity contribution is 0.210. The summed E-state index contributed by atoms with van der Waals surface area (Å²) in [6.07, 6.45) is 3.56. The second-order valence-electron chi connectivity index (χ2n) is 7.58. The van der Waals surface area contributed by atoms with Gasteiger partial charge in [0.05, 0.1) is 25.5 Å². The number of ether oxygens (including phenoxy) is 2. The molecule has 152 valence electrons. The molecule has 5 nitrogen and oxygen atoms in total. The van der Waals surface area contributed by atoms with Crippen molar-refractivity contribution in [1.29, 1.82) is 0 Å². The van der Waals surface area contributed by atoms with E-state index in [1.54, 1.807) is 14.2 Å². The SMILES string of the molecule is COc1cccc(-c2nc(CN(C)C3CCCc4ccccc43)c(C)o2)c1OC. The Morgan fingerprint density at radius 3 is 2.72 bits per heavy atom. The second kappa shape index (κ2) is 8.29. The Hall–Kier alpha value is -2.79. The zero-order chi connectivity index (χ0) is 20.4. The highest BCUT2D eigenvalue weighted by Gasteiger charge is 2.25. The first kappa shape index (κ1) is 19.5. The van der Waals surface area contributed by atoms with Crippen LogP contribution in [0.15, 0.2) is 46.9 Å². The third-order valence-electron chi connectivity index (χ3n) is 5.80. The molecule has 0 N–H and O–H groups in total. The predicted octanol–water partition coefficient (Wildman–Crippen LogP) is 5.18. The van der Waals surface area contributed by atoms with Crippen LogP contribution in [-0.4, -0.2) is 31.2 Å². The molecule has 1 unspecified atom stereocenters. The standard InChI is InChI=1S/C24H28N2O3/c1-16-20(15-26(2)21-13-7-10-17-9-5-6-11-18(17)21)25-24(29-16)19-12-8-14-22(27-3)23(19)28-4/h5-6,8-9,11-12,14,21H,7,10,13,15H2,1-4H3. The molecular weight excluding hydrogens is 364 g/mol. The van der Waals surface area contributed by atoms with Crippen molar-refractivity contribution in [2.45, 2.75) is 38.8 Å². The van der Waals surface area contributed by atoms with Gasteiger partial charge in [-0.1, -0.05) is 30.3 Å². The summed E-state index contributed by atoms with van der Waals surface area (Å²) in [5, 5.41) is 0.